The molecule has 0 bridgehead atoms. The Kier molecular flexibility index (Phi) is 3.95. The summed E-state index contributed by atoms with van der Waals surface area (Å²) in [6.45, 7) is 1.42. The summed E-state index contributed by atoms with van der Waals surface area (Å²) in [6, 6.07) is 0. The SMILES string of the molecule is Cc1ncc(C(F)F)c(CBr)c1CO. The molecule has 0 saturated heterocycles. The summed E-state index contributed by atoms with van der Waals surface area (Å²) < 4.78 is 25.0. The molecular weight excluding hydrogens is 256 g/mol. The minimum Gasteiger partial charge on any atom is -0.392 e. The molecule has 0 unspecified atom stereocenters. The summed E-state index contributed by atoms with van der Waals surface area (Å²) in [4.78, 5) is 3.82. The Morgan fingerprint density at radius 1 is 1.50 bits per heavy atom. The quantitative estimate of drug-likeness (QED) is 0.853. The van der Waals surface area contributed by atoms with E-state index in [0.717, 1.165) is 6.20 Å². The lowest BCUT2D eigenvalue weighted by Crippen LogP contribution is -2.03. The molecule has 0 aromatic carbocycles. The van der Waals surface area contributed by atoms with Crippen LogP contribution in [0.3, 0.4) is 0 Å². The first kappa shape index (κ1) is 11.5. The van der Waals surface area contributed by atoms with Gasteiger partial charge in [0.2, 0.25) is 0 Å². The molecule has 1 aromatic rings. The maximum absolute atomic E-state index is 12.5. The van der Waals surface area contributed by atoms with Gasteiger partial charge in [0.1, 0.15) is 0 Å². The van der Waals surface area contributed by atoms with Crippen molar-refractivity contribution in [2.24, 2.45) is 0 Å². The predicted molar refractivity (Wildman–Crippen MR) is 52.5 cm³/mol. The van der Waals surface area contributed by atoms with E-state index in [9.17, 15) is 8.78 Å². The monoisotopic (exact) mass is 265 g/mol. The van der Waals surface area contributed by atoms with E-state index in [0.29, 0.717) is 22.2 Å². The number of aliphatic hydroxyl groups is 1. The topological polar surface area (TPSA) is 33.1 Å². The molecule has 1 aromatic heterocycles. The summed E-state index contributed by atoms with van der Waals surface area (Å²) in [5, 5.41) is 9.33. The number of halogens is 3. The van der Waals surface area contributed by atoms with Crippen molar-refractivity contribution in [2.75, 3.05) is 0 Å². The molecule has 5 heteroatoms. The first-order valence-corrected chi connectivity index (χ1v) is 5.16. The fraction of sp³-hybridized carbons (Fsp3) is 0.444. The van der Waals surface area contributed by atoms with E-state index in [1.165, 1.54) is 0 Å². The van der Waals surface area contributed by atoms with E-state index in [-0.39, 0.29) is 12.2 Å². The van der Waals surface area contributed by atoms with Crippen LogP contribution in [-0.2, 0) is 11.9 Å². The highest BCUT2D eigenvalue weighted by Gasteiger charge is 2.17. The summed E-state index contributed by atoms with van der Waals surface area (Å²) in [7, 11) is 0. The van der Waals surface area contributed by atoms with E-state index in [2.05, 4.69) is 20.9 Å². The second kappa shape index (κ2) is 4.79. The van der Waals surface area contributed by atoms with Crippen molar-refractivity contribution in [3.63, 3.8) is 0 Å². The molecule has 0 aliphatic heterocycles. The van der Waals surface area contributed by atoms with E-state index in [4.69, 9.17) is 5.11 Å². The molecule has 0 saturated carbocycles. The van der Waals surface area contributed by atoms with Crippen LogP contribution >= 0.6 is 15.9 Å². The lowest BCUT2D eigenvalue weighted by atomic mass is 10.0. The number of nitrogens with zero attached hydrogens (tertiary/aromatic N) is 1. The number of hydrogen-bond acceptors (Lipinski definition) is 2. The van der Waals surface area contributed by atoms with Crippen LogP contribution < -0.4 is 0 Å². The fourth-order valence-corrected chi connectivity index (χ4v) is 1.93. The Bertz CT molecular complexity index is 331. The van der Waals surface area contributed by atoms with Crippen LogP contribution in [0.2, 0.25) is 0 Å². The van der Waals surface area contributed by atoms with Gasteiger partial charge in [-0.3, -0.25) is 4.98 Å². The highest BCUT2D eigenvalue weighted by atomic mass is 79.9. The fourth-order valence-electron chi connectivity index (χ4n) is 1.27. The van der Waals surface area contributed by atoms with Gasteiger partial charge in [-0.05, 0) is 12.5 Å². The molecule has 0 aliphatic carbocycles. The molecule has 14 heavy (non-hydrogen) atoms. The lowest BCUT2D eigenvalue weighted by molar-refractivity contribution is 0.149. The van der Waals surface area contributed by atoms with Crippen LogP contribution in [0.25, 0.3) is 0 Å². The van der Waals surface area contributed by atoms with Crippen LogP contribution in [0.15, 0.2) is 6.20 Å². The van der Waals surface area contributed by atoms with Crippen LogP contribution in [0.5, 0.6) is 0 Å². The second-order valence-corrected chi connectivity index (χ2v) is 3.41. The van der Waals surface area contributed by atoms with E-state index < -0.39 is 6.43 Å². The molecule has 0 fully saturated rings. The van der Waals surface area contributed by atoms with Gasteiger partial charge >= 0.3 is 0 Å². The summed E-state index contributed by atoms with van der Waals surface area (Å²) in [5.74, 6) is 0. The highest BCUT2D eigenvalue weighted by Crippen LogP contribution is 2.27. The van der Waals surface area contributed by atoms with Crippen LogP contribution in [0, 0.1) is 6.92 Å². The van der Waals surface area contributed by atoms with Crippen molar-refractivity contribution in [3.8, 4) is 0 Å². The first-order valence-electron chi connectivity index (χ1n) is 4.04. The Labute approximate surface area is 89.1 Å². The third kappa shape index (κ3) is 2.09. The van der Waals surface area contributed by atoms with Crippen molar-refractivity contribution in [1.29, 1.82) is 0 Å². The van der Waals surface area contributed by atoms with Gasteiger partial charge in [-0.15, -0.1) is 0 Å². The Morgan fingerprint density at radius 3 is 2.57 bits per heavy atom. The summed E-state index contributed by atoms with van der Waals surface area (Å²) in [5.41, 5.74) is 1.40. The highest BCUT2D eigenvalue weighted by molar-refractivity contribution is 9.08. The Balaban J connectivity index is 3.33. The van der Waals surface area contributed by atoms with Gasteiger partial charge in [-0.1, -0.05) is 15.9 Å². The van der Waals surface area contributed by atoms with Gasteiger partial charge in [0.15, 0.2) is 0 Å². The maximum Gasteiger partial charge on any atom is 0.265 e. The minimum absolute atomic E-state index is 0.114. The lowest BCUT2D eigenvalue weighted by Gasteiger charge is -2.12. The number of rotatable bonds is 3. The largest absolute Gasteiger partial charge is 0.392 e. The summed E-state index contributed by atoms with van der Waals surface area (Å²) in [6.07, 6.45) is -1.39. The first-order chi connectivity index (χ1) is 6.61. The molecule has 1 heterocycles. The van der Waals surface area contributed by atoms with Gasteiger partial charge in [0, 0.05) is 28.3 Å². The zero-order valence-corrected chi connectivity index (χ0v) is 9.18. The molecule has 0 radical (unpaired) electrons. The van der Waals surface area contributed by atoms with Gasteiger partial charge in [-0.2, -0.15) is 0 Å². The molecule has 0 aliphatic rings. The van der Waals surface area contributed by atoms with Gasteiger partial charge in [-0.25, -0.2) is 8.78 Å². The van der Waals surface area contributed by atoms with Gasteiger partial charge in [0.05, 0.1) is 6.61 Å². The number of aromatic nitrogens is 1. The zero-order valence-electron chi connectivity index (χ0n) is 7.60. The van der Waals surface area contributed by atoms with Crippen LogP contribution in [0.4, 0.5) is 8.78 Å². The number of aliphatic hydroxyl groups excluding tert-OH is 1. The average molecular weight is 266 g/mol. The number of alkyl halides is 3. The van der Waals surface area contributed by atoms with Crippen molar-refractivity contribution >= 4 is 15.9 Å². The molecule has 0 spiro atoms. The van der Waals surface area contributed by atoms with E-state index in [1.807, 2.05) is 0 Å². The summed E-state index contributed by atoms with van der Waals surface area (Å²) >= 11 is 3.13. The van der Waals surface area contributed by atoms with Crippen molar-refractivity contribution in [1.82, 2.24) is 4.98 Å². The average Bonchev–Trinajstić information content (AvgIpc) is 2.16. The van der Waals surface area contributed by atoms with Crippen LogP contribution in [-0.4, -0.2) is 10.1 Å². The number of pyridine rings is 1. The normalized spacial score (nSPS) is 11.0. The molecular formula is C9H10BrF2NO. The molecule has 78 valence electrons. The van der Waals surface area contributed by atoms with Crippen molar-refractivity contribution < 1.29 is 13.9 Å². The maximum atomic E-state index is 12.5. The van der Waals surface area contributed by atoms with E-state index in [1.54, 1.807) is 6.92 Å². The zero-order chi connectivity index (χ0) is 10.7. The second-order valence-electron chi connectivity index (χ2n) is 2.85. The van der Waals surface area contributed by atoms with Crippen molar-refractivity contribution in [2.45, 2.75) is 25.3 Å². The standard InChI is InChI=1S/C9H10BrF2NO/c1-5-8(4-14)6(2-10)7(3-13-5)9(11)12/h3,9,14H,2,4H2,1H3. The Hall–Kier alpha value is -0.550. The van der Waals surface area contributed by atoms with Crippen molar-refractivity contribution in [3.05, 3.63) is 28.6 Å². The molecule has 1 rings (SSSR count). The van der Waals surface area contributed by atoms with E-state index >= 15 is 0 Å². The molecule has 0 amide bonds. The minimum atomic E-state index is -2.55. The predicted octanol–water partition coefficient (Wildman–Crippen LogP) is 2.71. The molecule has 2 nitrogen and oxygen atoms in total. The smallest absolute Gasteiger partial charge is 0.265 e. The molecule has 1 N–H and O–H groups in total. The number of aryl methyl sites for hydroxylation is 1. The van der Waals surface area contributed by atoms with Gasteiger partial charge in [0.25, 0.3) is 6.43 Å². The third-order valence-corrected chi connectivity index (χ3v) is 2.63. The van der Waals surface area contributed by atoms with Gasteiger partial charge < -0.3 is 5.11 Å². The molecule has 0 atom stereocenters. The third-order valence-electron chi connectivity index (χ3n) is 2.07. The van der Waals surface area contributed by atoms with Crippen LogP contribution in [0.1, 0.15) is 28.8 Å². The Morgan fingerprint density at radius 2 is 2.14 bits per heavy atom. The number of hydrogen-bond donors (Lipinski definition) is 1.